The van der Waals surface area contributed by atoms with Crippen LogP contribution in [0.1, 0.15) is 5.56 Å². The Balaban J connectivity index is 0.00000280. The monoisotopic (exact) mass is 495 g/mol. The number of aliphatic imine (C=N–C) groups is 1. The van der Waals surface area contributed by atoms with E-state index in [-0.39, 0.29) is 24.0 Å². The van der Waals surface area contributed by atoms with E-state index in [4.69, 9.17) is 0 Å². The summed E-state index contributed by atoms with van der Waals surface area (Å²) in [5, 5.41) is 3.48. The van der Waals surface area contributed by atoms with E-state index in [9.17, 15) is 0 Å². The minimum absolute atomic E-state index is 0. The lowest BCUT2D eigenvalue weighted by Crippen LogP contribution is -2.49. The molecular formula is C20H30IN7. The molecule has 152 valence electrons. The van der Waals surface area contributed by atoms with Gasteiger partial charge in [-0.05, 0) is 11.6 Å². The number of aromatic nitrogens is 2. The molecule has 0 unspecified atom stereocenters. The fourth-order valence-electron chi connectivity index (χ4n) is 3.27. The lowest BCUT2D eigenvalue weighted by molar-refractivity contribution is 0.259. The van der Waals surface area contributed by atoms with Crippen LogP contribution in [0.4, 0.5) is 5.95 Å². The van der Waals surface area contributed by atoms with Crippen molar-refractivity contribution in [3.63, 3.8) is 0 Å². The van der Waals surface area contributed by atoms with Crippen LogP contribution in [0.25, 0.3) is 0 Å². The fourth-order valence-corrected chi connectivity index (χ4v) is 3.27. The Morgan fingerprint density at radius 2 is 1.75 bits per heavy atom. The van der Waals surface area contributed by atoms with Gasteiger partial charge < -0.3 is 15.1 Å². The number of hydrogen-bond donors (Lipinski definition) is 1. The van der Waals surface area contributed by atoms with Crippen molar-refractivity contribution in [1.82, 2.24) is 25.1 Å². The van der Waals surface area contributed by atoms with Gasteiger partial charge in [0.25, 0.3) is 0 Å². The quantitative estimate of drug-likeness (QED) is 0.376. The molecule has 8 heteroatoms. The molecule has 2 aromatic rings. The molecule has 0 amide bonds. The molecule has 0 saturated carbocycles. The summed E-state index contributed by atoms with van der Waals surface area (Å²) in [5.74, 6) is 1.76. The van der Waals surface area contributed by atoms with Crippen LogP contribution in [0.5, 0.6) is 0 Å². The molecule has 1 N–H and O–H groups in total. The van der Waals surface area contributed by atoms with Gasteiger partial charge in [0.1, 0.15) is 0 Å². The van der Waals surface area contributed by atoms with Crippen molar-refractivity contribution in [2.45, 2.75) is 6.54 Å². The molecule has 28 heavy (non-hydrogen) atoms. The highest BCUT2D eigenvalue weighted by Crippen LogP contribution is 2.09. The van der Waals surface area contributed by atoms with Gasteiger partial charge in [-0.1, -0.05) is 30.3 Å². The van der Waals surface area contributed by atoms with Gasteiger partial charge in [-0.3, -0.25) is 9.89 Å². The summed E-state index contributed by atoms with van der Waals surface area (Å²) in [5.41, 5.74) is 1.28. The zero-order chi connectivity index (χ0) is 18.9. The van der Waals surface area contributed by atoms with E-state index >= 15 is 0 Å². The highest BCUT2D eigenvalue weighted by molar-refractivity contribution is 14.0. The maximum absolute atomic E-state index is 4.41. The zero-order valence-corrected chi connectivity index (χ0v) is 19.0. The molecule has 0 spiro atoms. The van der Waals surface area contributed by atoms with Crippen molar-refractivity contribution in [2.75, 3.05) is 58.3 Å². The van der Waals surface area contributed by atoms with Gasteiger partial charge in [-0.15, -0.1) is 24.0 Å². The second-order valence-corrected chi connectivity index (χ2v) is 6.69. The van der Waals surface area contributed by atoms with E-state index in [1.165, 1.54) is 5.56 Å². The van der Waals surface area contributed by atoms with E-state index in [1.807, 2.05) is 19.2 Å². The number of rotatable bonds is 6. The van der Waals surface area contributed by atoms with Crippen molar-refractivity contribution in [2.24, 2.45) is 4.99 Å². The van der Waals surface area contributed by atoms with E-state index in [0.29, 0.717) is 0 Å². The highest BCUT2D eigenvalue weighted by Gasteiger charge is 2.18. The smallest absolute Gasteiger partial charge is 0.225 e. The molecule has 0 aliphatic carbocycles. The second kappa shape index (κ2) is 11.8. The average Bonchev–Trinajstić information content (AvgIpc) is 2.73. The van der Waals surface area contributed by atoms with E-state index in [1.54, 1.807) is 12.4 Å². The summed E-state index contributed by atoms with van der Waals surface area (Å²) >= 11 is 0. The van der Waals surface area contributed by atoms with Crippen molar-refractivity contribution in [3.8, 4) is 0 Å². The predicted molar refractivity (Wildman–Crippen MR) is 125 cm³/mol. The largest absolute Gasteiger partial charge is 0.355 e. The van der Waals surface area contributed by atoms with Crippen LogP contribution >= 0.6 is 24.0 Å². The average molecular weight is 495 g/mol. The number of guanidine groups is 1. The molecule has 0 bridgehead atoms. The summed E-state index contributed by atoms with van der Waals surface area (Å²) < 4.78 is 0. The van der Waals surface area contributed by atoms with E-state index < -0.39 is 0 Å². The molecule has 3 rings (SSSR count). The van der Waals surface area contributed by atoms with Crippen LogP contribution in [0.3, 0.4) is 0 Å². The highest BCUT2D eigenvalue weighted by atomic mass is 127. The molecule has 0 atom stereocenters. The number of anilines is 1. The van der Waals surface area contributed by atoms with Crippen molar-refractivity contribution in [1.29, 1.82) is 0 Å². The standard InChI is InChI=1S/C20H29N7.HI/c1-21-19(25(2)17-18-7-4-3-5-8-18)24-11-12-26-13-15-27(16-14-26)20-22-9-6-10-23-20;/h3-10H,11-17H2,1-2H3,(H,21,24);1H. The van der Waals surface area contributed by atoms with Crippen molar-refractivity contribution in [3.05, 3.63) is 54.4 Å². The summed E-state index contributed by atoms with van der Waals surface area (Å²) in [6.07, 6.45) is 3.60. The summed E-state index contributed by atoms with van der Waals surface area (Å²) in [7, 11) is 3.91. The van der Waals surface area contributed by atoms with Gasteiger partial charge in [0, 0.05) is 72.3 Å². The number of halogens is 1. The van der Waals surface area contributed by atoms with Crippen molar-refractivity contribution < 1.29 is 0 Å². The maximum Gasteiger partial charge on any atom is 0.225 e. The molecule has 1 aromatic heterocycles. The molecule has 1 aliphatic heterocycles. The van der Waals surface area contributed by atoms with Crippen molar-refractivity contribution >= 4 is 35.9 Å². The van der Waals surface area contributed by atoms with E-state index in [0.717, 1.165) is 57.7 Å². The first-order valence-electron chi connectivity index (χ1n) is 9.46. The predicted octanol–water partition coefficient (Wildman–Crippen LogP) is 1.92. The Labute approximate surface area is 184 Å². The maximum atomic E-state index is 4.41. The third-order valence-electron chi connectivity index (χ3n) is 4.75. The third kappa shape index (κ3) is 6.59. The topological polar surface area (TPSA) is 59.9 Å². The normalized spacial score (nSPS) is 15.1. The molecule has 2 heterocycles. The number of piperazine rings is 1. The minimum atomic E-state index is 0. The minimum Gasteiger partial charge on any atom is -0.355 e. The molecule has 1 aromatic carbocycles. The van der Waals surface area contributed by atoms with Crippen LogP contribution in [-0.4, -0.2) is 79.1 Å². The molecule has 1 saturated heterocycles. The zero-order valence-electron chi connectivity index (χ0n) is 16.7. The Bertz CT molecular complexity index is 703. The van der Waals surface area contributed by atoms with Crippen LogP contribution in [-0.2, 0) is 6.54 Å². The van der Waals surface area contributed by atoms with Gasteiger partial charge in [-0.25, -0.2) is 9.97 Å². The first kappa shape index (κ1) is 22.4. The van der Waals surface area contributed by atoms with Gasteiger partial charge in [0.05, 0.1) is 0 Å². The second-order valence-electron chi connectivity index (χ2n) is 6.69. The molecule has 7 nitrogen and oxygen atoms in total. The fraction of sp³-hybridized carbons (Fsp3) is 0.450. The molecule has 1 aliphatic rings. The Morgan fingerprint density at radius 1 is 1.07 bits per heavy atom. The number of nitrogens with zero attached hydrogens (tertiary/aromatic N) is 6. The molecule has 0 radical (unpaired) electrons. The number of hydrogen-bond acceptors (Lipinski definition) is 5. The summed E-state index contributed by atoms with van der Waals surface area (Å²) in [6.45, 7) is 6.71. The van der Waals surface area contributed by atoms with Gasteiger partial charge >= 0.3 is 0 Å². The first-order chi connectivity index (χ1) is 13.3. The Hall–Kier alpha value is -1.94. The van der Waals surface area contributed by atoms with Crippen LogP contribution in [0, 0.1) is 0 Å². The first-order valence-corrected chi connectivity index (χ1v) is 9.46. The Kier molecular flexibility index (Phi) is 9.42. The molecular weight excluding hydrogens is 465 g/mol. The lowest BCUT2D eigenvalue weighted by atomic mass is 10.2. The number of benzene rings is 1. The van der Waals surface area contributed by atoms with E-state index in [2.05, 4.69) is 66.3 Å². The van der Waals surface area contributed by atoms with Gasteiger partial charge in [0.15, 0.2) is 5.96 Å². The van der Waals surface area contributed by atoms with Gasteiger partial charge in [-0.2, -0.15) is 0 Å². The van der Waals surface area contributed by atoms with Crippen LogP contribution in [0.2, 0.25) is 0 Å². The van der Waals surface area contributed by atoms with Crippen LogP contribution in [0.15, 0.2) is 53.8 Å². The molecule has 1 fully saturated rings. The lowest BCUT2D eigenvalue weighted by Gasteiger charge is -2.34. The summed E-state index contributed by atoms with van der Waals surface area (Å²) in [6, 6.07) is 12.3. The Morgan fingerprint density at radius 3 is 2.39 bits per heavy atom. The third-order valence-corrected chi connectivity index (χ3v) is 4.75. The van der Waals surface area contributed by atoms with Crippen LogP contribution < -0.4 is 10.2 Å². The summed E-state index contributed by atoms with van der Waals surface area (Å²) in [4.78, 5) is 20.0. The van der Waals surface area contributed by atoms with Gasteiger partial charge in [0.2, 0.25) is 5.95 Å². The SMILES string of the molecule is CN=C(NCCN1CCN(c2ncccn2)CC1)N(C)Cc1ccccc1.I. The number of nitrogens with one attached hydrogen (secondary N) is 1.